The molecule has 2 saturated heterocycles. The number of amides is 3. The van der Waals surface area contributed by atoms with Gasteiger partial charge in [0, 0.05) is 31.9 Å². The Morgan fingerprint density at radius 3 is 2.21 bits per heavy atom. The fraction of sp³-hybridized carbons (Fsp3) is 0.522. The van der Waals surface area contributed by atoms with Crippen molar-refractivity contribution >= 4 is 23.4 Å². The van der Waals surface area contributed by atoms with E-state index in [1.165, 1.54) is 21.7 Å². The fourth-order valence-corrected chi connectivity index (χ4v) is 5.61. The molecule has 3 amide bonds. The van der Waals surface area contributed by atoms with E-state index in [9.17, 15) is 14.4 Å². The van der Waals surface area contributed by atoms with E-state index in [1.54, 1.807) is 4.90 Å². The third kappa shape index (κ3) is 2.88. The Morgan fingerprint density at radius 1 is 0.966 bits per heavy atom. The number of carbonyl (C=O) groups is 3. The Balaban J connectivity index is 1.21. The summed E-state index contributed by atoms with van der Waals surface area (Å²) in [6.07, 6.45) is 5.07. The minimum absolute atomic E-state index is 0.104. The molecule has 0 spiro atoms. The predicted octanol–water partition coefficient (Wildman–Crippen LogP) is 1.76. The third-order valence-electron chi connectivity index (χ3n) is 7.19. The van der Waals surface area contributed by atoms with Crippen LogP contribution in [0.1, 0.15) is 17.5 Å². The summed E-state index contributed by atoms with van der Waals surface area (Å²) in [5, 5.41) is 0. The van der Waals surface area contributed by atoms with Crippen LogP contribution in [0, 0.1) is 37.5 Å². The van der Waals surface area contributed by atoms with Crippen molar-refractivity contribution in [2.45, 2.75) is 20.3 Å². The number of piperazine rings is 1. The van der Waals surface area contributed by atoms with Crippen LogP contribution in [0.25, 0.3) is 0 Å². The highest BCUT2D eigenvalue weighted by molar-refractivity contribution is 6.08. The molecule has 0 unspecified atom stereocenters. The van der Waals surface area contributed by atoms with Crippen molar-refractivity contribution in [1.29, 1.82) is 0 Å². The number of fused-ring (bicyclic) bond motifs is 5. The first-order chi connectivity index (χ1) is 13.9. The van der Waals surface area contributed by atoms with Crippen LogP contribution in [-0.2, 0) is 14.4 Å². The Bertz CT molecular complexity index is 886. The van der Waals surface area contributed by atoms with Crippen LogP contribution >= 0.6 is 0 Å². The van der Waals surface area contributed by atoms with Gasteiger partial charge in [0.15, 0.2) is 0 Å². The molecule has 2 bridgehead atoms. The molecule has 29 heavy (non-hydrogen) atoms. The molecule has 0 aromatic heterocycles. The summed E-state index contributed by atoms with van der Waals surface area (Å²) in [5.74, 6) is -0.491. The largest absolute Gasteiger partial charge is 0.368 e. The van der Waals surface area contributed by atoms with E-state index in [2.05, 4.69) is 49.1 Å². The van der Waals surface area contributed by atoms with Gasteiger partial charge in [-0.15, -0.1) is 0 Å². The second kappa shape index (κ2) is 6.71. The number of aryl methyl sites for hydroxylation is 2. The van der Waals surface area contributed by atoms with Gasteiger partial charge in [0.05, 0.1) is 11.8 Å². The molecule has 4 atom stereocenters. The summed E-state index contributed by atoms with van der Waals surface area (Å²) in [6, 6.07) is 6.43. The standard InChI is InChI=1S/C23H27N3O3/c1-14-3-4-15(2)18(11-14)24-7-9-25(10-8-24)19(27)13-26-22(28)20-16-5-6-17(12-16)21(20)23(26)29/h3-6,11,16-17,20-21H,7-10,12-13H2,1-2H3/t16-,17-,20+,21+/m0/s1. The summed E-state index contributed by atoms with van der Waals surface area (Å²) in [5.41, 5.74) is 3.68. The molecule has 3 fully saturated rings. The van der Waals surface area contributed by atoms with Crippen LogP contribution in [-0.4, -0.2) is 60.2 Å². The zero-order chi connectivity index (χ0) is 20.3. The number of hydrogen-bond donors (Lipinski definition) is 0. The maximum atomic E-state index is 12.9. The normalized spacial score (nSPS) is 30.5. The van der Waals surface area contributed by atoms with Crippen molar-refractivity contribution in [3.63, 3.8) is 0 Å². The highest BCUT2D eigenvalue weighted by Gasteiger charge is 2.59. The first-order valence-electron chi connectivity index (χ1n) is 10.6. The van der Waals surface area contributed by atoms with Gasteiger partial charge in [0.2, 0.25) is 17.7 Å². The van der Waals surface area contributed by atoms with Gasteiger partial charge < -0.3 is 9.80 Å². The zero-order valence-corrected chi connectivity index (χ0v) is 17.0. The summed E-state index contributed by atoms with van der Waals surface area (Å²) in [7, 11) is 0. The lowest BCUT2D eigenvalue weighted by atomic mass is 9.85. The Morgan fingerprint density at radius 2 is 1.59 bits per heavy atom. The molecule has 2 heterocycles. The molecule has 1 aromatic rings. The molecule has 2 aliphatic carbocycles. The number of carbonyl (C=O) groups excluding carboxylic acids is 3. The number of hydrogen-bond acceptors (Lipinski definition) is 4. The molecule has 2 aliphatic heterocycles. The molecule has 0 radical (unpaired) electrons. The second-order valence-electron chi connectivity index (χ2n) is 8.92. The monoisotopic (exact) mass is 393 g/mol. The fourth-order valence-electron chi connectivity index (χ4n) is 5.61. The van der Waals surface area contributed by atoms with Gasteiger partial charge in [-0.1, -0.05) is 24.3 Å². The van der Waals surface area contributed by atoms with E-state index >= 15 is 0 Å². The van der Waals surface area contributed by atoms with Gasteiger partial charge in [-0.05, 0) is 49.3 Å². The number of benzene rings is 1. The van der Waals surface area contributed by atoms with E-state index in [4.69, 9.17) is 0 Å². The molecular formula is C23H27N3O3. The number of imide groups is 1. The number of likely N-dealkylation sites (tertiary alicyclic amines) is 1. The second-order valence-corrected chi connectivity index (χ2v) is 8.92. The van der Waals surface area contributed by atoms with Gasteiger partial charge in [0.1, 0.15) is 6.54 Å². The van der Waals surface area contributed by atoms with Crippen molar-refractivity contribution < 1.29 is 14.4 Å². The molecule has 6 nitrogen and oxygen atoms in total. The van der Waals surface area contributed by atoms with Crippen LogP contribution in [0.15, 0.2) is 30.4 Å². The van der Waals surface area contributed by atoms with Crippen molar-refractivity contribution in [3.05, 3.63) is 41.5 Å². The lowest BCUT2D eigenvalue weighted by Crippen LogP contribution is -2.52. The van der Waals surface area contributed by atoms with Crippen molar-refractivity contribution in [1.82, 2.24) is 9.80 Å². The first-order valence-corrected chi connectivity index (χ1v) is 10.6. The minimum atomic E-state index is -0.230. The highest BCUT2D eigenvalue weighted by atomic mass is 16.2. The van der Waals surface area contributed by atoms with Crippen molar-refractivity contribution in [2.24, 2.45) is 23.7 Å². The summed E-state index contributed by atoms with van der Waals surface area (Å²) >= 11 is 0. The SMILES string of the molecule is Cc1ccc(C)c(N2CCN(C(=O)CN3C(=O)[C@H]4[C@H](C3=O)[C@H]3C=C[C@H]4C3)CC2)c1. The summed E-state index contributed by atoms with van der Waals surface area (Å²) in [6.45, 7) is 6.84. The smallest absolute Gasteiger partial charge is 0.242 e. The number of rotatable bonds is 3. The lowest BCUT2D eigenvalue weighted by Gasteiger charge is -2.37. The maximum Gasteiger partial charge on any atom is 0.242 e. The zero-order valence-electron chi connectivity index (χ0n) is 17.0. The molecule has 0 N–H and O–H groups in total. The molecular weight excluding hydrogens is 366 g/mol. The number of allylic oxidation sites excluding steroid dienone is 2. The van der Waals surface area contributed by atoms with Crippen molar-refractivity contribution in [2.75, 3.05) is 37.6 Å². The van der Waals surface area contributed by atoms with E-state index in [1.807, 2.05) is 0 Å². The Kier molecular flexibility index (Phi) is 4.26. The first kappa shape index (κ1) is 18.4. The van der Waals surface area contributed by atoms with Gasteiger partial charge in [0.25, 0.3) is 0 Å². The third-order valence-corrected chi connectivity index (χ3v) is 7.19. The molecule has 1 saturated carbocycles. The van der Waals surface area contributed by atoms with E-state index < -0.39 is 0 Å². The average Bonchev–Trinajstić information content (AvgIpc) is 3.40. The van der Waals surface area contributed by atoms with Crippen LogP contribution < -0.4 is 4.90 Å². The molecule has 4 aliphatic rings. The van der Waals surface area contributed by atoms with Crippen LogP contribution in [0.3, 0.4) is 0 Å². The summed E-state index contributed by atoms with van der Waals surface area (Å²) in [4.78, 5) is 43.8. The van der Waals surface area contributed by atoms with E-state index in [0.717, 1.165) is 19.5 Å². The topological polar surface area (TPSA) is 60.9 Å². The van der Waals surface area contributed by atoms with Crippen LogP contribution in [0.4, 0.5) is 5.69 Å². The van der Waals surface area contributed by atoms with Gasteiger partial charge in [-0.25, -0.2) is 0 Å². The number of nitrogens with zero attached hydrogens (tertiary/aromatic N) is 3. The van der Waals surface area contributed by atoms with Crippen molar-refractivity contribution in [3.8, 4) is 0 Å². The Labute approximate surface area is 171 Å². The summed E-state index contributed by atoms with van der Waals surface area (Å²) < 4.78 is 0. The molecule has 5 rings (SSSR count). The van der Waals surface area contributed by atoms with Gasteiger partial charge in [-0.3, -0.25) is 19.3 Å². The average molecular weight is 393 g/mol. The van der Waals surface area contributed by atoms with Gasteiger partial charge in [-0.2, -0.15) is 0 Å². The molecule has 6 heteroatoms. The predicted molar refractivity (Wildman–Crippen MR) is 109 cm³/mol. The lowest BCUT2D eigenvalue weighted by molar-refractivity contribution is -0.147. The minimum Gasteiger partial charge on any atom is -0.368 e. The van der Waals surface area contributed by atoms with E-state index in [0.29, 0.717) is 13.1 Å². The number of anilines is 1. The highest BCUT2D eigenvalue weighted by Crippen LogP contribution is 2.52. The molecule has 152 valence electrons. The maximum absolute atomic E-state index is 12.9. The van der Waals surface area contributed by atoms with Crippen LogP contribution in [0.5, 0.6) is 0 Å². The van der Waals surface area contributed by atoms with Gasteiger partial charge >= 0.3 is 0 Å². The quantitative estimate of drug-likeness (QED) is 0.580. The van der Waals surface area contributed by atoms with E-state index in [-0.39, 0.29) is 47.9 Å². The molecule has 1 aromatic carbocycles. The van der Waals surface area contributed by atoms with Crippen LogP contribution in [0.2, 0.25) is 0 Å². The Hall–Kier alpha value is -2.63.